The van der Waals surface area contributed by atoms with E-state index in [2.05, 4.69) is 10.3 Å². The Labute approximate surface area is 253 Å². The topological polar surface area (TPSA) is 115 Å². The van der Waals surface area contributed by atoms with Crippen LogP contribution in [-0.2, 0) is 17.9 Å². The molecule has 0 unspecified atom stereocenters. The van der Waals surface area contributed by atoms with Gasteiger partial charge in [0.1, 0.15) is 29.4 Å². The van der Waals surface area contributed by atoms with E-state index in [0.29, 0.717) is 53.8 Å². The molecule has 2 heterocycles. The van der Waals surface area contributed by atoms with Gasteiger partial charge in [-0.05, 0) is 54.1 Å². The maximum Gasteiger partial charge on any atom is 0.339 e. The molecule has 10 heteroatoms. The number of nitrogens with zero attached hydrogens (tertiary/aromatic N) is 3. The van der Waals surface area contributed by atoms with Crippen molar-refractivity contribution in [3.8, 4) is 23.0 Å². The minimum absolute atomic E-state index is 0.161. The molecule has 0 radical (unpaired) electrons. The first kappa shape index (κ1) is 29.8. The fraction of sp³-hybridized carbons (Fsp3) is 0.176. The van der Waals surface area contributed by atoms with Crippen LogP contribution in [0, 0.1) is 0 Å². The number of carbonyl (C=O) groups is 1. The second kappa shape index (κ2) is 14.5. The molecule has 44 heavy (non-hydrogen) atoms. The van der Waals surface area contributed by atoms with Crippen LogP contribution < -0.4 is 24.6 Å². The second-order valence-corrected chi connectivity index (χ2v) is 9.61. The van der Waals surface area contributed by atoms with E-state index in [-0.39, 0.29) is 12.4 Å². The molecule has 0 aliphatic rings. The predicted molar refractivity (Wildman–Crippen MR) is 166 cm³/mol. The highest BCUT2D eigenvalue weighted by Crippen LogP contribution is 2.29. The summed E-state index contributed by atoms with van der Waals surface area (Å²) in [5.74, 6) is 2.09. The number of hydrogen-bond donors (Lipinski definition) is 0. The number of ether oxygens (including phenoxy) is 4. The van der Waals surface area contributed by atoms with Gasteiger partial charge in [-0.1, -0.05) is 47.7 Å². The molecule has 0 N–H and O–H groups in total. The molecule has 2 aromatic heterocycles. The van der Waals surface area contributed by atoms with Gasteiger partial charge < -0.3 is 23.4 Å². The lowest BCUT2D eigenvalue weighted by molar-refractivity contribution is -0.110. The molecule has 224 valence electrons. The van der Waals surface area contributed by atoms with E-state index in [1.165, 1.54) is 18.2 Å². The molecule has 0 aliphatic heterocycles. The third-order valence-electron chi connectivity index (χ3n) is 6.56. The van der Waals surface area contributed by atoms with Gasteiger partial charge in [-0.2, -0.15) is 0 Å². The largest absolute Gasteiger partial charge is 0.496 e. The maximum atomic E-state index is 12.4. The van der Waals surface area contributed by atoms with Crippen molar-refractivity contribution in [3.63, 3.8) is 0 Å². The Kier molecular flexibility index (Phi) is 9.83. The Balaban J connectivity index is 1.11. The average Bonchev–Trinajstić information content (AvgIpc) is 3.51. The summed E-state index contributed by atoms with van der Waals surface area (Å²) in [5, 5.41) is 9.09. The molecule has 0 bridgehead atoms. The Hall–Kier alpha value is -5.64. The molecule has 0 fully saturated rings. The van der Waals surface area contributed by atoms with Crippen molar-refractivity contribution in [3.05, 3.63) is 118 Å². The van der Waals surface area contributed by atoms with Crippen LogP contribution in [0.15, 0.2) is 100 Å². The SMILES string of the molecule is COc1ccccc1/C=C/C(=O)/C=C/c1ccc(OCc2cn(CCCOc3cc(=O)oc4ccccc34)nn2)c(OC)c1. The monoisotopic (exact) mass is 593 g/mol. The molecular formula is C34H31N3O7. The molecule has 0 atom stereocenters. The van der Waals surface area contributed by atoms with Crippen LogP contribution in [0.25, 0.3) is 23.1 Å². The summed E-state index contributed by atoms with van der Waals surface area (Å²) >= 11 is 0. The van der Waals surface area contributed by atoms with Gasteiger partial charge in [-0.25, -0.2) is 4.79 Å². The number of benzene rings is 3. The van der Waals surface area contributed by atoms with E-state index in [4.69, 9.17) is 23.4 Å². The number of fused-ring (bicyclic) bond motifs is 1. The smallest absolute Gasteiger partial charge is 0.339 e. The molecule has 0 amide bonds. The number of carbonyl (C=O) groups excluding carboxylic acids is 1. The van der Waals surface area contributed by atoms with Crippen LogP contribution >= 0.6 is 0 Å². The van der Waals surface area contributed by atoms with Crippen LogP contribution in [-0.4, -0.2) is 41.6 Å². The van der Waals surface area contributed by atoms with Gasteiger partial charge in [-0.3, -0.25) is 9.48 Å². The van der Waals surface area contributed by atoms with Crippen LogP contribution in [0.4, 0.5) is 0 Å². The van der Waals surface area contributed by atoms with Gasteiger partial charge in [0, 0.05) is 18.5 Å². The van der Waals surface area contributed by atoms with Crippen molar-refractivity contribution in [1.29, 1.82) is 0 Å². The average molecular weight is 594 g/mol. The lowest BCUT2D eigenvalue weighted by Gasteiger charge is -2.10. The van der Waals surface area contributed by atoms with Crippen molar-refractivity contribution in [1.82, 2.24) is 15.0 Å². The first-order valence-corrected chi connectivity index (χ1v) is 13.9. The van der Waals surface area contributed by atoms with Crippen LogP contribution in [0.5, 0.6) is 23.0 Å². The molecule has 0 saturated carbocycles. The van der Waals surface area contributed by atoms with Crippen LogP contribution in [0.3, 0.4) is 0 Å². The molecule has 0 spiro atoms. The van der Waals surface area contributed by atoms with Crippen molar-refractivity contribution >= 4 is 28.9 Å². The predicted octanol–water partition coefficient (Wildman–Crippen LogP) is 5.75. The number of allylic oxidation sites excluding steroid dienone is 2. The van der Waals surface area contributed by atoms with Gasteiger partial charge in [0.15, 0.2) is 17.3 Å². The van der Waals surface area contributed by atoms with Crippen molar-refractivity contribution < 1.29 is 28.2 Å². The molecule has 3 aromatic carbocycles. The maximum absolute atomic E-state index is 12.4. The zero-order valence-corrected chi connectivity index (χ0v) is 24.3. The third kappa shape index (κ3) is 7.80. The number of hydrogen-bond acceptors (Lipinski definition) is 9. The summed E-state index contributed by atoms with van der Waals surface area (Å²) in [4.78, 5) is 24.2. The molecular weight excluding hydrogens is 562 g/mol. The Morgan fingerprint density at radius 2 is 1.66 bits per heavy atom. The number of aromatic nitrogens is 3. The van der Waals surface area contributed by atoms with Gasteiger partial charge >= 0.3 is 5.63 Å². The van der Waals surface area contributed by atoms with Gasteiger partial charge in [0.05, 0.1) is 38.5 Å². The number of aryl methyl sites for hydroxylation is 1. The molecule has 0 aliphatic carbocycles. The number of para-hydroxylation sites is 2. The molecule has 5 aromatic rings. The third-order valence-corrected chi connectivity index (χ3v) is 6.56. The lowest BCUT2D eigenvalue weighted by atomic mass is 10.1. The highest BCUT2D eigenvalue weighted by molar-refractivity contribution is 6.04. The van der Waals surface area contributed by atoms with Crippen molar-refractivity contribution in [2.45, 2.75) is 19.6 Å². The van der Waals surface area contributed by atoms with Crippen molar-refractivity contribution in [2.24, 2.45) is 0 Å². The van der Waals surface area contributed by atoms with E-state index in [1.54, 1.807) is 61.5 Å². The molecule has 10 nitrogen and oxygen atoms in total. The van der Waals surface area contributed by atoms with Gasteiger partial charge in [0.2, 0.25) is 0 Å². The first-order chi connectivity index (χ1) is 21.5. The normalized spacial score (nSPS) is 11.3. The Bertz CT molecular complexity index is 1860. The first-order valence-electron chi connectivity index (χ1n) is 13.9. The summed E-state index contributed by atoms with van der Waals surface area (Å²) in [5.41, 5.74) is 2.29. The summed E-state index contributed by atoms with van der Waals surface area (Å²) in [6.45, 7) is 1.16. The minimum Gasteiger partial charge on any atom is -0.496 e. The lowest BCUT2D eigenvalue weighted by Crippen LogP contribution is -2.07. The summed E-state index contributed by atoms with van der Waals surface area (Å²) in [6, 6.07) is 21.5. The summed E-state index contributed by atoms with van der Waals surface area (Å²) < 4.78 is 29.5. The standard InChI is InChI=1S/C34H31N3O7/c1-40-29-10-5-3-8-25(29)14-16-27(38)15-12-24-13-17-31(33(20-24)41-2)43-23-26-22-37(36-35-26)18-7-19-42-32-21-34(39)44-30-11-6-4-9-28(30)32/h3-6,8-17,20-22H,7,18-19,23H2,1-2H3/b15-12+,16-14+. The zero-order valence-electron chi connectivity index (χ0n) is 24.3. The summed E-state index contributed by atoms with van der Waals surface area (Å²) in [6.07, 6.45) is 8.88. The quantitative estimate of drug-likeness (QED) is 0.0902. The summed E-state index contributed by atoms with van der Waals surface area (Å²) in [7, 11) is 3.15. The van der Waals surface area contributed by atoms with Crippen LogP contribution in [0.2, 0.25) is 0 Å². The number of rotatable bonds is 14. The highest BCUT2D eigenvalue weighted by Gasteiger charge is 2.09. The Morgan fingerprint density at radius 3 is 2.52 bits per heavy atom. The Morgan fingerprint density at radius 1 is 0.864 bits per heavy atom. The number of ketones is 1. The molecule has 5 rings (SSSR count). The van der Waals surface area contributed by atoms with E-state index >= 15 is 0 Å². The van der Waals surface area contributed by atoms with Gasteiger partial charge in [-0.15, -0.1) is 5.10 Å². The van der Waals surface area contributed by atoms with Crippen LogP contribution in [0.1, 0.15) is 23.2 Å². The van der Waals surface area contributed by atoms with E-state index in [0.717, 1.165) is 16.5 Å². The zero-order chi connectivity index (χ0) is 30.7. The highest BCUT2D eigenvalue weighted by atomic mass is 16.5. The fourth-order valence-corrected chi connectivity index (χ4v) is 4.39. The molecule has 0 saturated heterocycles. The van der Waals surface area contributed by atoms with E-state index in [9.17, 15) is 9.59 Å². The minimum atomic E-state index is -0.453. The fourth-order valence-electron chi connectivity index (χ4n) is 4.39. The van der Waals surface area contributed by atoms with Crippen molar-refractivity contribution in [2.75, 3.05) is 20.8 Å². The van der Waals surface area contributed by atoms with Gasteiger partial charge in [0.25, 0.3) is 0 Å². The van der Waals surface area contributed by atoms with E-state index < -0.39 is 5.63 Å². The second-order valence-electron chi connectivity index (χ2n) is 9.61. The number of methoxy groups -OCH3 is 2. The van der Waals surface area contributed by atoms with E-state index in [1.807, 2.05) is 42.5 Å².